The Morgan fingerprint density at radius 1 is 1.06 bits per heavy atom. The van der Waals surface area contributed by atoms with Crippen molar-refractivity contribution >= 4 is 0 Å². The summed E-state index contributed by atoms with van der Waals surface area (Å²) in [4.78, 5) is 2.73. The van der Waals surface area contributed by atoms with Gasteiger partial charge in [-0.1, -0.05) is 33.1 Å². The summed E-state index contributed by atoms with van der Waals surface area (Å²) in [5.41, 5.74) is 6.43. The van der Waals surface area contributed by atoms with E-state index >= 15 is 0 Å². The van der Waals surface area contributed by atoms with E-state index in [1.54, 1.807) is 0 Å². The van der Waals surface area contributed by atoms with Crippen LogP contribution in [0.1, 0.15) is 58.8 Å². The summed E-state index contributed by atoms with van der Waals surface area (Å²) < 4.78 is 0. The molecule has 2 N–H and O–H groups in total. The minimum Gasteiger partial charge on any atom is -0.330 e. The molecule has 0 radical (unpaired) electrons. The SMILES string of the molecule is CCC(CC)(CN)CN1CCC2CCCCC2C1. The number of nitrogens with two attached hydrogens (primary N) is 1. The van der Waals surface area contributed by atoms with Crippen LogP contribution in [-0.4, -0.2) is 31.1 Å². The average Bonchev–Trinajstić information content (AvgIpc) is 2.45. The molecule has 0 amide bonds. The van der Waals surface area contributed by atoms with Gasteiger partial charge in [-0.15, -0.1) is 0 Å². The smallest absolute Gasteiger partial charge is 0.00500 e. The van der Waals surface area contributed by atoms with Crippen LogP contribution in [0.3, 0.4) is 0 Å². The Morgan fingerprint density at radius 3 is 2.33 bits per heavy atom. The first-order valence-corrected chi connectivity index (χ1v) is 8.15. The molecule has 106 valence electrons. The molecule has 1 aliphatic heterocycles. The second-order valence-electron chi connectivity index (χ2n) is 6.74. The van der Waals surface area contributed by atoms with Crippen molar-refractivity contribution in [3.63, 3.8) is 0 Å². The van der Waals surface area contributed by atoms with Gasteiger partial charge >= 0.3 is 0 Å². The molecule has 2 aliphatic rings. The molecule has 0 aromatic heterocycles. The summed E-state index contributed by atoms with van der Waals surface area (Å²) in [5.74, 6) is 2.04. The van der Waals surface area contributed by atoms with Crippen LogP contribution in [-0.2, 0) is 0 Å². The number of nitrogens with zero attached hydrogens (tertiary/aromatic N) is 1. The van der Waals surface area contributed by atoms with Crippen LogP contribution in [0.15, 0.2) is 0 Å². The van der Waals surface area contributed by atoms with Crippen LogP contribution in [0.4, 0.5) is 0 Å². The van der Waals surface area contributed by atoms with Crippen molar-refractivity contribution < 1.29 is 0 Å². The summed E-state index contributed by atoms with van der Waals surface area (Å²) in [5, 5.41) is 0. The fraction of sp³-hybridized carbons (Fsp3) is 1.00. The highest BCUT2D eigenvalue weighted by molar-refractivity contribution is 4.88. The number of rotatable bonds is 5. The maximum Gasteiger partial charge on any atom is 0.00500 e. The van der Waals surface area contributed by atoms with Gasteiger partial charge in [0.2, 0.25) is 0 Å². The fourth-order valence-electron chi connectivity index (χ4n) is 4.12. The Hall–Kier alpha value is -0.0800. The number of hydrogen-bond acceptors (Lipinski definition) is 2. The monoisotopic (exact) mass is 252 g/mol. The van der Waals surface area contributed by atoms with Crippen molar-refractivity contribution in [3.05, 3.63) is 0 Å². The summed E-state index contributed by atoms with van der Waals surface area (Å²) >= 11 is 0. The van der Waals surface area contributed by atoms with E-state index in [4.69, 9.17) is 5.73 Å². The fourth-order valence-corrected chi connectivity index (χ4v) is 4.12. The second-order valence-corrected chi connectivity index (χ2v) is 6.74. The van der Waals surface area contributed by atoms with Crippen LogP contribution in [0, 0.1) is 17.3 Å². The van der Waals surface area contributed by atoms with E-state index in [1.165, 1.54) is 64.6 Å². The molecule has 1 saturated heterocycles. The molecule has 1 heterocycles. The van der Waals surface area contributed by atoms with Gasteiger partial charge in [0, 0.05) is 13.1 Å². The normalized spacial score (nSPS) is 30.2. The number of fused-ring (bicyclic) bond motifs is 1. The van der Waals surface area contributed by atoms with Gasteiger partial charge in [-0.2, -0.15) is 0 Å². The molecule has 18 heavy (non-hydrogen) atoms. The van der Waals surface area contributed by atoms with Crippen molar-refractivity contribution in [2.24, 2.45) is 23.0 Å². The highest BCUT2D eigenvalue weighted by atomic mass is 15.1. The second kappa shape index (κ2) is 6.38. The van der Waals surface area contributed by atoms with Crippen molar-refractivity contribution in [1.29, 1.82) is 0 Å². The summed E-state index contributed by atoms with van der Waals surface area (Å²) in [6.45, 7) is 9.38. The molecule has 2 fully saturated rings. The number of hydrogen-bond donors (Lipinski definition) is 1. The molecule has 2 heteroatoms. The van der Waals surface area contributed by atoms with E-state index in [0.29, 0.717) is 5.41 Å². The molecule has 2 rings (SSSR count). The molecule has 0 aromatic rings. The van der Waals surface area contributed by atoms with E-state index in [0.717, 1.165) is 18.4 Å². The van der Waals surface area contributed by atoms with Crippen LogP contribution < -0.4 is 5.73 Å². The van der Waals surface area contributed by atoms with Gasteiger partial charge < -0.3 is 10.6 Å². The van der Waals surface area contributed by atoms with Gasteiger partial charge in [-0.25, -0.2) is 0 Å². The largest absolute Gasteiger partial charge is 0.330 e. The molecule has 2 atom stereocenters. The Morgan fingerprint density at radius 2 is 1.72 bits per heavy atom. The summed E-state index contributed by atoms with van der Waals surface area (Å²) in [6.07, 6.45) is 9.83. The van der Waals surface area contributed by atoms with Gasteiger partial charge in [-0.3, -0.25) is 0 Å². The molecular weight excluding hydrogens is 220 g/mol. The molecule has 1 aliphatic carbocycles. The Bertz CT molecular complexity index is 239. The molecule has 0 bridgehead atoms. The highest BCUT2D eigenvalue weighted by Gasteiger charge is 2.34. The van der Waals surface area contributed by atoms with Crippen molar-refractivity contribution in [1.82, 2.24) is 4.90 Å². The first-order chi connectivity index (χ1) is 8.73. The Balaban J connectivity index is 1.90. The molecule has 2 unspecified atom stereocenters. The zero-order valence-electron chi connectivity index (χ0n) is 12.5. The van der Waals surface area contributed by atoms with Crippen molar-refractivity contribution in [2.45, 2.75) is 58.8 Å². The molecular formula is C16H32N2. The first-order valence-electron chi connectivity index (χ1n) is 8.15. The predicted molar refractivity (Wildman–Crippen MR) is 78.6 cm³/mol. The van der Waals surface area contributed by atoms with Gasteiger partial charge in [0.25, 0.3) is 0 Å². The maximum absolute atomic E-state index is 6.05. The van der Waals surface area contributed by atoms with Crippen molar-refractivity contribution in [2.75, 3.05) is 26.2 Å². The van der Waals surface area contributed by atoms with Gasteiger partial charge in [0.15, 0.2) is 0 Å². The minimum atomic E-state index is 0.376. The van der Waals surface area contributed by atoms with E-state index in [-0.39, 0.29) is 0 Å². The molecule has 0 aromatic carbocycles. The minimum absolute atomic E-state index is 0.376. The third-order valence-corrected chi connectivity index (χ3v) is 5.87. The van der Waals surface area contributed by atoms with Crippen LogP contribution in [0.2, 0.25) is 0 Å². The maximum atomic E-state index is 6.05. The van der Waals surface area contributed by atoms with Gasteiger partial charge in [-0.05, 0) is 56.0 Å². The third kappa shape index (κ3) is 3.08. The van der Waals surface area contributed by atoms with Crippen LogP contribution in [0.25, 0.3) is 0 Å². The molecule has 2 nitrogen and oxygen atoms in total. The highest BCUT2D eigenvalue weighted by Crippen LogP contribution is 2.37. The average molecular weight is 252 g/mol. The standard InChI is InChI=1S/C16H32N2/c1-3-16(4-2,12-17)13-18-10-9-14-7-5-6-8-15(14)11-18/h14-15H,3-13,17H2,1-2H3. The zero-order valence-corrected chi connectivity index (χ0v) is 12.5. The van der Waals surface area contributed by atoms with E-state index in [1.807, 2.05) is 0 Å². The number of likely N-dealkylation sites (tertiary alicyclic amines) is 1. The van der Waals surface area contributed by atoms with E-state index < -0.39 is 0 Å². The third-order valence-electron chi connectivity index (χ3n) is 5.87. The van der Waals surface area contributed by atoms with E-state index in [2.05, 4.69) is 18.7 Å². The van der Waals surface area contributed by atoms with E-state index in [9.17, 15) is 0 Å². The Labute approximate surface area is 113 Å². The lowest BCUT2D eigenvalue weighted by atomic mass is 9.74. The van der Waals surface area contributed by atoms with Gasteiger partial charge in [0.1, 0.15) is 0 Å². The summed E-state index contributed by atoms with van der Waals surface area (Å²) in [6, 6.07) is 0. The lowest BCUT2D eigenvalue weighted by molar-refractivity contribution is 0.0505. The molecule has 1 saturated carbocycles. The quantitative estimate of drug-likeness (QED) is 0.814. The summed E-state index contributed by atoms with van der Waals surface area (Å²) in [7, 11) is 0. The topological polar surface area (TPSA) is 29.3 Å². The predicted octanol–water partition coefficient (Wildman–Crippen LogP) is 3.26. The van der Waals surface area contributed by atoms with Crippen LogP contribution in [0.5, 0.6) is 0 Å². The number of piperidine rings is 1. The molecule has 0 spiro atoms. The Kier molecular flexibility index (Phi) is 5.08. The lowest BCUT2D eigenvalue weighted by Crippen LogP contribution is -2.48. The van der Waals surface area contributed by atoms with Gasteiger partial charge in [0.05, 0.1) is 0 Å². The first kappa shape index (κ1) is 14.3. The van der Waals surface area contributed by atoms with Crippen molar-refractivity contribution in [3.8, 4) is 0 Å². The lowest BCUT2D eigenvalue weighted by Gasteiger charge is -2.45. The van der Waals surface area contributed by atoms with Crippen LogP contribution >= 0.6 is 0 Å². The zero-order chi connectivity index (χ0) is 13.0.